The number of carbonyl (C=O) groups excluding carboxylic acids is 1. The molecule has 0 fully saturated rings. The van der Waals surface area contributed by atoms with Crippen molar-refractivity contribution in [1.29, 1.82) is 0 Å². The van der Waals surface area contributed by atoms with E-state index in [0.717, 1.165) is 17.0 Å². The summed E-state index contributed by atoms with van der Waals surface area (Å²) in [5, 5.41) is 10.6. The van der Waals surface area contributed by atoms with E-state index < -0.39 is 10.0 Å². The van der Waals surface area contributed by atoms with Crippen molar-refractivity contribution in [1.82, 2.24) is 4.98 Å². The Kier molecular flexibility index (Phi) is 5.46. The number of hydrogen-bond acceptors (Lipinski definition) is 5. The summed E-state index contributed by atoms with van der Waals surface area (Å²) in [7, 11) is -3.81. The number of thiazole rings is 1. The number of primary sulfonamides is 1. The van der Waals surface area contributed by atoms with Gasteiger partial charge in [-0.1, -0.05) is 36.4 Å². The molecule has 0 saturated heterocycles. The van der Waals surface area contributed by atoms with Crippen LogP contribution in [0.4, 0.5) is 5.69 Å². The fraction of sp³-hybridized carbons (Fsp3) is 0.111. The first-order valence-corrected chi connectivity index (χ1v) is 10.2. The van der Waals surface area contributed by atoms with Crippen molar-refractivity contribution in [3.63, 3.8) is 0 Å². The molecule has 0 aliphatic carbocycles. The SMILES string of the molecule is NS(=O)(=O)c1cccc(NC(=O)Cc2csc(Cc3ccccc3)n2)c1. The molecule has 26 heavy (non-hydrogen) atoms. The fourth-order valence-electron chi connectivity index (χ4n) is 2.40. The summed E-state index contributed by atoms with van der Waals surface area (Å²) in [6.07, 6.45) is 0.842. The van der Waals surface area contributed by atoms with Crippen LogP contribution in [0.1, 0.15) is 16.3 Å². The average molecular weight is 387 g/mol. The normalized spacial score (nSPS) is 11.3. The van der Waals surface area contributed by atoms with E-state index in [-0.39, 0.29) is 17.2 Å². The van der Waals surface area contributed by atoms with E-state index >= 15 is 0 Å². The van der Waals surface area contributed by atoms with Crippen LogP contribution in [0.2, 0.25) is 0 Å². The Morgan fingerprint density at radius 1 is 1.12 bits per heavy atom. The second-order valence-corrected chi connectivity index (χ2v) is 8.20. The van der Waals surface area contributed by atoms with Gasteiger partial charge in [0.05, 0.1) is 22.0 Å². The molecule has 8 heteroatoms. The molecule has 2 aromatic carbocycles. The van der Waals surface area contributed by atoms with Gasteiger partial charge in [-0.05, 0) is 23.8 Å². The molecule has 0 saturated carbocycles. The monoisotopic (exact) mass is 387 g/mol. The van der Waals surface area contributed by atoms with Gasteiger partial charge in [0.1, 0.15) is 0 Å². The number of nitrogens with two attached hydrogens (primary N) is 1. The van der Waals surface area contributed by atoms with Crippen LogP contribution in [-0.4, -0.2) is 19.3 Å². The van der Waals surface area contributed by atoms with Gasteiger partial charge in [-0.25, -0.2) is 18.5 Å². The molecule has 1 heterocycles. The number of sulfonamides is 1. The lowest BCUT2D eigenvalue weighted by atomic mass is 10.2. The molecule has 3 N–H and O–H groups in total. The van der Waals surface area contributed by atoms with Crippen LogP contribution in [0.15, 0.2) is 64.9 Å². The van der Waals surface area contributed by atoms with Crippen LogP contribution >= 0.6 is 11.3 Å². The number of carbonyl (C=O) groups is 1. The quantitative estimate of drug-likeness (QED) is 0.678. The lowest BCUT2D eigenvalue weighted by Gasteiger charge is -2.05. The molecule has 0 atom stereocenters. The van der Waals surface area contributed by atoms with Crippen molar-refractivity contribution < 1.29 is 13.2 Å². The van der Waals surface area contributed by atoms with Gasteiger partial charge < -0.3 is 5.32 Å². The van der Waals surface area contributed by atoms with Crippen molar-refractivity contribution in [3.05, 3.63) is 76.2 Å². The molecule has 0 radical (unpaired) electrons. The predicted molar refractivity (Wildman–Crippen MR) is 102 cm³/mol. The molecule has 3 aromatic rings. The number of hydrogen-bond donors (Lipinski definition) is 2. The van der Waals surface area contributed by atoms with E-state index in [4.69, 9.17) is 5.14 Å². The van der Waals surface area contributed by atoms with Crippen LogP contribution in [-0.2, 0) is 27.7 Å². The molecule has 134 valence electrons. The summed E-state index contributed by atoms with van der Waals surface area (Å²) in [5.74, 6) is -0.270. The van der Waals surface area contributed by atoms with E-state index in [1.54, 1.807) is 6.07 Å². The number of amides is 1. The molecule has 3 rings (SSSR count). The summed E-state index contributed by atoms with van der Waals surface area (Å²) in [6.45, 7) is 0. The van der Waals surface area contributed by atoms with Crippen molar-refractivity contribution in [2.24, 2.45) is 5.14 Å². The van der Waals surface area contributed by atoms with Gasteiger partial charge in [0.25, 0.3) is 0 Å². The third-order valence-electron chi connectivity index (χ3n) is 3.59. The van der Waals surface area contributed by atoms with E-state index in [1.165, 1.54) is 29.5 Å². The topological polar surface area (TPSA) is 102 Å². The van der Waals surface area contributed by atoms with Gasteiger partial charge in [-0.15, -0.1) is 11.3 Å². The number of rotatable bonds is 6. The zero-order chi connectivity index (χ0) is 18.6. The van der Waals surface area contributed by atoms with Crippen LogP contribution in [0, 0.1) is 0 Å². The van der Waals surface area contributed by atoms with E-state index in [0.29, 0.717) is 11.4 Å². The minimum absolute atomic E-state index is 0.0471. The molecule has 0 spiro atoms. The Bertz CT molecular complexity index is 1010. The highest BCUT2D eigenvalue weighted by molar-refractivity contribution is 7.89. The zero-order valence-corrected chi connectivity index (χ0v) is 15.4. The standard InChI is InChI=1S/C18H17N3O3S2/c19-26(23,24)16-8-4-7-14(10-16)20-17(22)11-15-12-25-18(21-15)9-13-5-2-1-3-6-13/h1-8,10,12H,9,11H2,(H,20,22)(H2,19,23,24). The minimum Gasteiger partial charge on any atom is -0.326 e. The fourth-order valence-corrected chi connectivity index (χ4v) is 3.79. The van der Waals surface area contributed by atoms with Gasteiger partial charge in [-0.3, -0.25) is 4.79 Å². The second kappa shape index (κ2) is 7.77. The Labute approximate surface area is 155 Å². The van der Waals surface area contributed by atoms with Crippen LogP contribution in [0.5, 0.6) is 0 Å². The smallest absolute Gasteiger partial charge is 0.238 e. The zero-order valence-electron chi connectivity index (χ0n) is 13.8. The van der Waals surface area contributed by atoms with Crippen LogP contribution in [0.3, 0.4) is 0 Å². The highest BCUT2D eigenvalue weighted by atomic mass is 32.2. The van der Waals surface area contributed by atoms with Gasteiger partial charge >= 0.3 is 0 Å². The molecule has 1 amide bonds. The van der Waals surface area contributed by atoms with E-state index in [2.05, 4.69) is 10.3 Å². The lowest BCUT2D eigenvalue weighted by molar-refractivity contribution is -0.115. The first kappa shape index (κ1) is 18.2. The Morgan fingerprint density at radius 2 is 1.88 bits per heavy atom. The van der Waals surface area contributed by atoms with Crippen LogP contribution in [0.25, 0.3) is 0 Å². The number of nitrogens with zero attached hydrogens (tertiary/aromatic N) is 1. The maximum absolute atomic E-state index is 12.2. The Morgan fingerprint density at radius 3 is 2.62 bits per heavy atom. The summed E-state index contributed by atoms with van der Waals surface area (Å²) in [6, 6.07) is 15.8. The molecule has 0 aliphatic heterocycles. The average Bonchev–Trinajstić information content (AvgIpc) is 3.02. The third kappa shape index (κ3) is 4.98. The highest BCUT2D eigenvalue weighted by Crippen LogP contribution is 2.17. The largest absolute Gasteiger partial charge is 0.326 e. The van der Waals surface area contributed by atoms with Gasteiger partial charge in [-0.2, -0.15) is 0 Å². The summed E-state index contributed by atoms with van der Waals surface area (Å²) < 4.78 is 22.7. The molecular weight excluding hydrogens is 370 g/mol. The first-order chi connectivity index (χ1) is 12.4. The van der Waals surface area contributed by atoms with Crippen molar-refractivity contribution in [2.75, 3.05) is 5.32 Å². The predicted octanol–water partition coefficient (Wildman–Crippen LogP) is 2.56. The van der Waals surface area contributed by atoms with Gasteiger partial charge in [0.2, 0.25) is 15.9 Å². The molecule has 0 bridgehead atoms. The maximum atomic E-state index is 12.2. The van der Waals surface area contributed by atoms with Crippen molar-refractivity contribution >= 4 is 33.0 Å². The molecular formula is C18H17N3O3S2. The number of aromatic nitrogens is 1. The maximum Gasteiger partial charge on any atom is 0.238 e. The number of anilines is 1. The summed E-state index contributed by atoms with van der Waals surface area (Å²) in [5.41, 5.74) is 2.22. The van der Waals surface area contributed by atoms with Gasteiger partial charge in [0, 0.05) is 17.5 Å². The Hall–Kier alpha value is -2.55. The summed E-state index contributed by atoms with van der Waals surface area (Å²) in [4.78, 5) is 16.6. The summed E-state index contributed by atoms with van der Waals surface area (Å²) >= 11 is 1.51. The minimum atomic E-state index is -3.81. The third-order valence-corrected chi connectivity index (χ3v) is 5.39. The Balaban J connectivity index is 1.62. The second-order valence-electron chi connectivity index (χ2n) is 5.69. The number of nitrogens with one attached hydrogen (secondary N) is 1. The molecule has 1 aromatic heterocycles. The molecule has 6 nitrogen and oxygen atoms in total. The highest BCUT2D eigenvalue weighted by Gasteiger charge is 2.11. The van der Waals surface area contributed by atoms with Crippen molar-refractivity contribution in [2.45, 2.75) is 17.7 Å². The lowest BCUT2D eigenvalue weighted by Crippen LogP contribution is -2.16. The molecule has 0 aliphatic rings. The van der Waals surface area contributed by atoms with Crippen LogP contribution < -0.4 is 10.5 Å². The van der Waals surface area contributed by atoms with E-state index in [9.17, 15) is 13.2 Å². The van der Waals surface area contributed by atoms with Gasteiger partial charge in [0.15, 0.2) is 0 Å². The first-order valence-electron chi connectivity index (χ1n) is 7.80. The number of benzene rings is 2. The van der Waals surface area contributed by atoms with Crippen molar-refractivity contribution in [3.8, 4) is 0 Å². The molecule has 0 unspecified atom stereocenters. The van der Waals surface area contributed by atoms with E-state index in [1.807, 2.05) is 35.7 Å².